The maximum absolute atomic E-state index is 4.12. The summed E-state index contributed by atoms with van der Waals surface area (Å²) >= 11 is 0. The van der Waals surface area contributed by atoms with E-state index in [1.165, 1.54) is 25.7 Å². The Kier molecular flexibility index (Phi) is 8.05. The molecule has 0 heterocycles. The molecular weight excluding hydrogens is 111 g/mol. The second kappa shape index (κ2) is 8.02. The quantitative estimate of drug-likeness (QED) is 0.293. The third kappa shape index (κ3) is 8.02. The fraction of sp³-hybridized carbons (Fsp3) is 1.00. The fourth-order valence-corrected chi connectivity index (χ4v) is 0.759. The summed E-state index contributed by atoms with van der Waals surface area (Å²) < 4.78 is 4.12. The largest absolute Gasteiger partial charge is 0.579 e. The molecule has 0 spiro atoms. The van der Waals surface area contributed by atoms with Crippen molar-refractivity contribution in [2.45, 2.75) is 39.4 Å². The van der Waals surface area contributed by atoms with Gasteiger partial charge in [0.25, 0.3) is 0 Å². The van der Waals surface area contributed by atoms with Gasteiger partial charge in [-0.15, -0.1) is 0 Å². The molecule has 0 aliphatic heterocycles. The molecule has 1 N–H and O–H groups in total. The number of hydrogen-bond donors (Lipinski definition) is 0. The van der Waals surface area contributed by atoms with E-state index in [0.29, 0.717) is 0 Å². The van der Waals surface area contributed by atoms with Gasteiger partial charge in [-0.3, -0.25) is 0 Å². The SMILES string of the molecule is C[B][OH+]CCCCCC. The zero-order chi connectivity index (χ0) is 6.95. The topological polar surface area (TPSA) is 12.8 Å². The van der Waals surface area contributed by atoms with Gasteiger partial charge in [-0.05, 0) is 13.2 Å². The van der Waals surface area contributed by atoms with Crippen LogP contribution in [0.3, 0.4) is 0 Å². The zero-order valence-corrected chi connectivity index (χ0v) is 6.56. The van der Waals surface area contributed by atoms with E-state index in [9.17, 15) is 0 Å². The molecule has 0 aliphatic rings. The van der Waals surface area contributed by atoms with E-state index in [1.54, 1.807) is 0 Å². The third-order valence-corrected chi connectivity index (χ3v) is 1.32. The van der Waals surface area contributed by atoms with Crippen molar-refractivity contribution in [3.8, 4) is 0 Å². The van der Waals surface area contributed by atoms with Gasteiger partial charge >= 0.3 is 7.48 Å². The van der Waals surface area contributed by atoms with Crippen LogP contribution in [0.4, 0.5) is 0 Å². The Morgan fingerprint density at radius 2 is 2.00 bits per heavy atom. The van der Waals surface area contributed by atoms with E-state index >= 15 is 0 Å². The molecule has 0 atom stereocenters. The summed E-state index contributed by atoms with van der Waals surface area (Å²) in [5.74, 6) is 0. The fourth-order valence-electron chi connectivity index (χ4n) is 0.759. The van der Waals surface area contributed by atoms with Crippen molar-refractivity contribution in [2.75, 3.05) is 6.61 Å². The highest BCUT2D eigenvalue weighted by atomic mass is 16.4. The van der Waals surface area contributed by atoms with Gasteiger partial charge in [-0.2, -0.15) is 0 Å². The van der Waals surface area contributed by atoms with Crippen LogP contribution in [0, 0.1) is 0 Å². The number of aliphatic hydroxyl groups is 1. The highest BCUT2D eigenvalue weighted by Gasteiger charge is 1.91. The van der Waals surface area contributed by atoms with Crippen molar-refractivity contribution in [3.05, 3.63) is 0 Å². The van der Waals surface area contributed by atoms with Gasteiger partial charge in [0.15, 0.2) is 0 Å². The van der Waals surface area contributed by atoms with Crippen LogP contribution in [0.15, 0.2) is 0 Å². The second-order valence-corrected chi connectivity index (χ2v) is 2.23. The Labute approximate surface area is 59.1 Å². The summed E-state index contributed by atoms with van der Waals surface area (Å²) in [6, 6.07) is 0. The number of hydrogen-bond acceptors (Lipinski definition) is 0. The highest BCUT2D eigenvalue weighted by Crippen LogP contribution is 1.97. The zero-order valence-electron chi connectivity index (χ0n) is 6.56. The Morgan fingerprint density at radius 1 is 1.22 bits per heavy atom. The lowest BCUT2D eigenvalue weighted by Gasteiger charge is -1.95. The maximum Gasteiger partial charge on any atom is 0.579 e. The van der Waals surface area contributed by atoms with Crippen LogP contribution in [0.5, 0.6) is 0 Å². The monoisotopic (exact) mass is 128 g/mol. The molecule has 0 rings (SSSR count). The normalized spacial score (nSPS) is 9.56. The molecule has 0 saturated heterocycles. The molecule has 1 nitrogen and oxygen atoms in total. The van der Waals surface area contributed by atoms with Gasteiger partial charge in [0, 0.05) is 6.42 Å². The van der Waals surface area contributed by atoms with E-state index in [0.717, 1.165) is 6.61 Å². The molecule has 0 saturated carbocycles. The van der Waals surface area contributed by atoms with Crippen LogP contribution in [0.25, 0.3) is 0 Å². The molecule has 2 heteroatoms. The van der Waals surface area contributed by atoms with Crippen molar-refractivity contribution in [3.63, 3.8) is 0 Å². The molecule has 1 radical (unpaired) electrons. The van der Waals surface area contributed by atoms with Gasteiger partial charge in [0.1, 0.15) is 6.61 Å². The molecule has 0 fully saturated rings. The highest BCUT2D eigenvalue weighted by molar-refractivity contribution is 6.23. The molecular formula is C7H17BO+. The predicted octanol–water partition coefficient (Wildman–Crippen LogP) is 1.76. The van der Waals surface area contributed by atoms with Crippen molar-refractivity contribution < 1.29 is 4.65 Å². The minimum Gasteiger partial charge on any atom is -0.541 e. The molecule has 0 aromatic rings. The maximum atomic E-state index is 4.12. The first-order valence-corrected chi connectivity index (χ1v) is 3.86. The first-order chi connectivity index (χ1) is 4.41. The van der Waals surface area contributed by atoms with E-state index in [1.807, 2.05) is 14.3 Å². The predicted molar refractivity (Wildman–Crippen MR) is 42.8 cm³/mol. The van der Waals surface area contributed by atoms with E-state index in [2.05, 4.69) is 11.6 Å². The second-order valence-electron chi connectivity index (χ2n) is 2.23. The standard InChI is InChI=1S/C7H17BO/c1-3-4-5-6-7-9-8-2/h9H,3-7H2,1-2H3/q+1. The summed E-state index contributed by atoms with van der Waals surface area (Å²) in [6.45, 7) is 5.22. The van der Waals surface area contributed by atoms with Gasteiger partial charge in [0.2, 0.25) is 0 Å². The molecule has 9 heavy (non-hydrogen) atoms. The summed E-state index contributed by atoms with van der Waals surface area (Å²) in [4.78, 5) is 0. The molecule has 0 aliphatic carbocycles. The summed E-state index contributed by atoms with van der Waals surface area (Å²) in [6.07, 6.45) is 5.28. The minimum absolute atomic E-state index is 1.02. The van der Waals surface area contributed by atoms with Crippen LogP contribution < -0.4 is 0 Å². The first kappa shape index (κ1) is 9.02. The van der Waals surface area contributed by atoms with Crippen LogP contribution in [0.1, 0.15) is 32.6 Å². The molecule has 0 aromatic heterocycles. The molecule has 53 valence electrons. The average molecular weight is 128 g/mol. The summed E-state index contributed by atoms with van der Waals surface area (Å²) in [7, 11) is 1.88. The summed E-state index contributed by atoms with van der Waals surface area (Å²) in [5.41, 5.74) is 0. The molecule has 0 amide bonds. The Balaban J connectivity index is 2.60. The summed E-state index contributed by atoms with van der Waals surface area (Å²) in [5, 5.41) is 0. The van der Waals surface area contributed by atoms with Gasteiger partial charge < -0.3 is 4.65 Å². The smallest absolute Gasteiger partial charge is 0.541 e. The Morgan fingerprint density at radius 3 is 2.56 bits per heavy atom. The van der Waals surface area contributed by atoms with Gasteiger partial charge in [-0.1, -0.05) is 19.8 Å². The molecule has 0 unspecified atom stereocenters. The average Bonchev–Trinajstić information content (AvgIpc) is 1.89. The van der Waals surface area contributed by atoms with Crippen LogP contribution in [-0.4, -0.2) is 18.7 Å². The van der Waals surface area contributed by atoms with Crippen LogP contribution >= 0.6 is 0 Å². The van der Waals surface area contributed by atoms with Crippen molar-refractivity contribution in [2.24, 2.45) is 0 Å². The molecule has 0 aromatic carbocycles. The van der Waals surface area contributed by atoms with E-state index in [4.69, 9.17) is 0 Å². The third-order valence-electron chi connectivity index (χ3n) is 1.32. The number of unbranched alkanes of at least 4 members (excludes halogenated alkanes) is 3. The van der Waals surface area contributed by atoms with Crippen molar-refractivity contribution >= 4 is 7.48 Å². The van der Waals surface area contributed by atoms with E-state index < -0.39 is 0 Å². The van der Waals surface area contributed by atoms with Gasteiger partial charge in [0.05, 0.1) is 0 Å². The van der Waals surface area contributed by atoms with Gasteiger partial charge in [-0.25, -0.2) is 0 Å². The Bertz CT molecular complexity index is 42.2. The van der Waals surface area contributed by atoms with Crippen molar-refractivity contribution in [1.82, 2.24) is 0 Å². The Hall–Kier alpha value is 0.0249. The van der Waals surface area contributed by atoms with Crippen LogP contribution in [-0.2, 0) is 0 Å². The lowest BCUT2D eigenvalue weighted by molar-refractivity contribution is 0.146. The number of rotatable bonds is 6. The molecule has 0 bridgehead atoms. The van der Waals surface area contributed by atoms with Crippen LogP contribution in [0.2, 0.25) is 6.82 Å². The van der Waals surface area contributed by atoms with E-state index in [-0.39, 0.29) is 0 Å². The van der Waals surface area contributed by atoms with Crippen molar-refractivity contribution in [1.29, 1.82) is 0 Å². The minimum atomic E-state index is 1.02. The lowest BCUT2D eigenvalue weighted by atomic mass is 10.1. The first-order valence-electron chi connectivity index (χ1n) is 3.86. The lowest BCUT2D eigenvalue weighted by Crippen LogP contribution is -2.01.